The maximum absolute atomic E-state index is 12.7. The lowest BCUT2D eigenvalue weighted by atomic mass is 10.1. The van der Waals surface area contributed by atoms with E-state index in [2.05, 4.69) is 26.4 Å². The molecule has 0 aliphatic carbocycles. The highest BCUT2D eigenvalue weighted by atomic mass is 16.6. The summed E-state index contributed by atoms with van der Waals surface area (Å²) in [6.45, 7) is 16.5. The van der Waals surface area contributed by atoms with Crippen LogP contribution in [0.1, 0.15) is 58.8 Å². The fourth-order valence-corrected chi connectivity index (χ4v) is 5.40. The number of rotatable bonds is 10. The van der Waals surface area contributed by atoms with Crippen LogP contribution in [0.2, 0.25) is 0 Å². The maximum atomic E-state index is 12.7. The van der Waals surface area contributed by atoms with Crippen molar-refractivity contribution in [3.63, 3.8) is 0 Å². The topological polar surface area (TPSA) is 98.0 Å². The van der Waals surface area contributed by atoms with Crippen LogP contribution < -0.4 is 9.64 Å². The van der Waals surface area contributed by atoms with Crippen LogP contribution in [-0.4, -0.2) is 67.6 Å². The number of ether oxygens (including phenoxy) is 2. The molecule has 0 spiro atoms. The van der Waals surface area contributed by atoms with E-state index in [1.165, 1.54) is 0 Å². The molecule has 0 bridgehead atoms. The van der Waals surface area contributed by atoms with Crippen molar-refractivity contribution in [2.75, 3.05) is 24.5 Å². The summed E-state index contributed by atoms with van der Waals surface area (Å²) in [7, 11) is 0. The van der Waals surface area contributed by atoms with Crippen LogP contribution in [-0.2, 0) is 11.3 Å². The highest BCUT2D eigenvalue weighted by Gasteiger charge is 2.25. The number of fused-ring (bicyclic) bond motifs is 1. The fraction of sp³-hybridized carbons (Fsp3) is 0.361. The van der Waals surface area contributed by atoms with Gasteiger partial charge in [0.1, 0.15) is 34.5 Å². The van der Waals surface area contributed by atoms with E-state index >= 15 is 0 Å². The molecule has 4 aromatic rings. The summed E-state index contributed by atoms with van der Waals surface area (Å²) in [5, 5.41) is 0. The second-order valence-electron chi connectivity index (χ2n) is 12.2. The number of hydrogen-bond donors (Lipinski definition) is 0. The predicted octanol–water partition coefficient (Wildman–Crippen LogP) is 7.13. The molecule has 1 fully saturated rings. The number of benzene rings is 1. The van der Waals surface area contributed by atoms with Gasteiger partial charge in [-0.2, -0.15) is 0 Å². The Balaban J connectivity index is 1.21. The first kappa shape index (κ1) is 32.6. The first-order valence-electron chi connectivity index (χ1n) is 15.8. The molecule has 3 aromatic heterocycles. The van der Waals surface area contributed by atoms with Gasteiger partial charge in [0, 0.05) is 50.5 Å². The SMILES string of the molecule is C=CC(=N/C=C\C)c1nc2cccnc2n1-c1ccc(OC2CCN(Cc3ccnc(N(CC)C(=O)OC(C)(C)C)c3)CC2)cc1. The number of aromatic nitrogens is 4. The lowest BCUT2D eigenvalue weighted by Crippen LogP contribution is -2.38. The van der Waals surface area contributed by atoms with Crippen LogP contribution in [0.5, 0.6) is 5.75 Å². The Hall–Kier alpha value is -4.83. The summed E-state index contributed by atoms with van der Waals surface area (Å²) < 4.78 is 14.0. The van der Waals surface area contributed by atoms with Gasteiger partial charge in [-0.05, 0) is 108 Å². The smallest absolute Gasteiger partial charge is 0.415 e. The quantitative estimate of drug-likeness (QED) is 0.174. The molecule has 240 valence electrons. The van der Waals surface area contributed by atoms with Gasteiger partial charge < -0.3 is 9.47 Å². The molecule has 1 aromatic carbocycles. The Kier molecular flexibility index (Phi) is 10.3. The van der Waals surface area contributed by atoms with E-state index in [0.717, 1.165) is 60.6 Å². The monoisotopic (exact) mass is 621 g/mol. The van der Waals surface area contributed by atoms with Crippen LogP contribution in [0.15, 0.2) is 90.8 Å². The minimum atomic E-state index is -0.566. The number of anilines is 1. The average molecular weight is 622 g/mol. The number of pyridine rings is 2. The molecule has 1 amide bonds. The third-order valence-electron chi connectivity index (χ3n) is 7.56. The standard InChI is InChI=1S/C36H43N7O3/c1-7-19-37-30(8-2)34-40-31-11-10-20-39-33(31)43(34)27-12-14-28(15-13-27)45-29-17-22-41(23-18-29)25-26-16-21-38-32(24-26)42(9-3)35(44)46-36(4,5)6/h7-8,10-16,19-21,24,29H,2,9,17-18,22-23,25H2,1,3-6H3/b19-7-,37-30?. The van der Waals surface area contributed by atoms with E-state index in [9.17, 15) is 4.79 Å². The van der Waals surface area contributed by atoms with Crippen molar-refractivity contribution in [2.45, 2.75) is 65.7 Å². The van der Waals surface area contributed by atoms with Gasteiger partial charge in [-0.25, -0.2) is 19.7 Å². The molecule has 0 atom stereocenters. The Morgan fingerprint density at radius 1 is 1.11 bits per heavy atom. The van der Waals surface area contributed by atoms with Gasteiger partial charge in [-0.3, -0.25) is 19.4 Å². The molecule has 1 aliphatic rings. The van der Waals surface area contributed by atoms with Crippen molar-refractivity contribution >= 4 is 28.8 Å². The van der Waals surface area contributed by atoms with Crippen molar-refractivity contribution in [1.29, 1.82) is 0 Å². The van der Waals surface area contributed by atoms with Gasteiger partial charge in [0.15, 0.2) is 11.5 Å². The second-order valence-corrected chi connectivity index (χ2v) is 12.2. The molecule has 0 radical (unpaired) electrons. The number of carbonyl (C=O) groups excluding carboxylic acids is 1. The van der Waals surface area contributed by atoms with Crippen LogP contribution >= 0.6 is 0 Å². The average Bonchev–Trinajstić information content (AvgIpc) is 3.42. The first-order valence-corrected chi connectivity index (χ1v) is 15.8. The zero-order chi connectivity index (χ0) is 32.7. The molecule has 0 N–H and O–H groups in total. The van der Waals surface area contributed by atoms with Crippen molar-refractivity contribution in [1.82, 2.24) is 24.4 Å². The van der Waals surface area contributed by atoms with E-state index < -0.39 is 5.60 Å². The number of imidazole rings is 1. The van der Waals surface area contributed by atoms with Crippen LogP contribution in [0.3, 0.4) is 0 Å². The van der Waals surface area contributed by atoms with Crippen molar-refractivity contribution in [3.8, 4) is 11.4 Å². The molecule has 1 aliphatic heterocycles. The summed E-state index contributed by atoms with van der Waals surface area (Å²) >= 11 is 0. The normalized spacial score (nSPS) is 14.9. The largest absolute Gasteiger partial charge is 0.490 e. The van der Waals surface area contributed by atoms with E-state index in [1.807, 2.05) is 93.8 Å². The summed E-state index contributed by atoms with van der Waals surface area (Å²) in [5.41, 5.74) is 3.66. The highest BCUT2D eigenvalue weighted by Crippen LogP contribution is 2.26. The van der Waals surface area contributed by atoms with Crippen LogP contribution in [0, 0.1) is 0 Å². The minimum Gasteiger partial charge on any atom is -0.490 e. The number of amides is 1. The number of likely N-dealkylation sites (tertiary alicyclic amines) is 1. The second kappa shape index (κ2) is 14.5. The van der Waals surface area contributed by atoms with Crippen molar-refractivity contribution < 1.29 is 14.3 Å². The maximum Gasteiger partial charge on any atom is 0.415 e. The number of nitrogens with zero attached hydrogens (tertiary/aromatic N) is 7. The number of allylic oxidation sites excluding steroid dienone is 2. The van der Waals surface area contributed by atoms with Gasteiger partial charge in [0.25, 0.3) is 0 Å². The third kappa shape index (κ3) is 7.87. The van der Waals surface area contributed by atoms with Crippen molar-refractivity contribution in [3.05, 3.63) is 97.2 Å². The molecule has 0 unspecified atom stereocenters. The zero-order valence-electron chi connectivity index (χ0n) is 27.4. The molecule has 5 rings (SSSR count). The van der Waals surface area contributed by atoms with E-state index in [-0.39, 0.29) is 12.2 Å². The van der Waals surface area contributed by atoms with Gasteiger partial charge >= 0.3 is 6.09 Å². The van der Waals surface area contributed by atoms with Gasteiger partial charge in [-0.15, -0.1) is 0 Å². The Bertz CT molecular complexity index is 1710. The molecule has 4 heterocycles. The molecule has 0 saturated carbocycles. The van der Waals surface area contributed by atoms with E-state index in [0.29, 0.717) is 23.9 Å². The number of aliphatic imine (C=N–C) groups is 1. The summed E-state index contributed by atoms with van der Waals surface area (Å²) in [6.07, 6.45) is 10.4. The molecular formula is C36H43N7O3. The summed E-state index contributed by atoms with van der Waals surface area (Å²) in [4.78, 5) is 35.1. The van der Waals surface area contributed by atoms with Gasteiger partial charge in [-0.1, -0.05) is 12.7 Å². The Morgan fingerprint density at radius 3 is 2.54 bits per heavy atom. The van der Waals surface area contributed by atoms with Crippen LogP contribution in [0.4, 0.5) is 10.6 Å². The lowest BCUT2D eigenvalue weighted by molar-refractivity contribution is 0.0581. The Labute approximate surface area is 271 Å². The van der Waals surface area contributed by atoms with Gasteiger partial charge in [0.05, 0.1) is 0 Å². The third-order valence-corrected chi connectivity index (χ3v) is 7.56. The van der Waals surface area contributed by atoms with Gasteiger partial charge in [0.2, 0.25) is 0 Å². The molecule has 10 heteroatoms. The molecular weight excluding hydrogens is 578 g/mol. The lowest BCUT2D eigenvalue weighted by Gasteiger charge is -2.32. The van der Waals surface area contributed by atoms with E-state index in [1.54, 1.807) is 29.6 Å². The van der Waals surface area contributed by atoms with Crippen molar-refractivity contribution in [2.24, 2.45) is 4.99 Å². The minimum absolute atomic E-state index is 0.129. The number of hydrogen-bond acceptors (Lipinski definition) is 8. The Morgan fingerprint density at radius 2 is 1.87 bits per heavy atom. The summed E-state index contributed by atoms with van der Waals surface area (Å²) in [5.74, 6) is 2.11. The summed E-state index contributed by atoms with van der Waals surface area (Å²) in [6, 6.07) is 15.9. The number of carbonyl (C=O) groups is 1. The zero-order valence-corrected chi connectivity index (χ0v) is 27.4. The van der Waals surface area contributed by atoms with E-state index in [4.69, 9.17) is 14.5 Å². The number of piperidine rings is 1. The first-order chi connectivity index (χ1) is 22.2. The highest BCUT2D eigenvalue weighted by molar-refractivity contribution is 6.08. The molecule has 10 nitrogen and oxygen atoms in total. The van der Waals surface area contributed by atoms with Crippen LogP contribution in [0.25, 0.3) is 16.9 Å². The predicted molar refractivity (Wildman–Crippen MR) is 183 cm³/mol. The fourth-order valence-electron chi connectivity index (χ4n) is 5.40. The molecule has 1 saturated heterocycles. The molecule has 46 heavy (non-hydrogen) atoms.